The van der Waals surface area contributed by atoms with Gasteiger partial charge in [-0.1, -0.05) is 6.42 Å². The summed E-state index contributed by atoms with van der Waals surface area (Å²) in [5, 5.41) is 8.82. The van der Waals surface area contributed by atoms with Crippen LogP contribution in [0.15, 0.2) is 0 Å². The van der Waals surface area contributed by atoms with E-state index in [0.29, 0.717) is 19.4 Å². The number of aryl methyl sites for hydroxylation is 1. The van der Waals surface area contributed by atoms with Crippen molar-refractivity contribution in [1.82, 2.24) is 29.5 Å². The van der Waals surface area contributed by atoms with Crippen LogP contribution in [0, 0.1) is 0 Å². The number of hydrogen-bond acceptors (Lipinski definition) is 5. The molecule has 0 spiro atoms. The van der Waals surface area contributed by atoms with Gasteiger partial charge in [-0.15, -0.1) is 10.2 Å². The molecule has 1 aromatic rings. The lowest BCUT2D eigenvalue weighted by atomic mass is 10.2. The van der Waals surface area contributed by atoms with E-state index >= 15 is 0 Å². The molecule has 28 heavy (non-hydrogen) atoms. The highest BCUT2D eigenvalue weighted by Crippen LogP contribution is 2.33. The van der Waals surface area contributed by atoms with Crippen molar-refractivity contribution in [2.24, 2.45) is 0 Å². The molecule has 0 aliphatic carbocycles. The van der Waals surface area contributed by atoms with E-state index in [9.17, 15) is 14.4 Å². The van der Waals surface area contributed by atoms with Gasteiger partial charge in [-0.3, -0.25) is 14.5 Å². The molecule has 0 bridgehead atoms. The van der Waals surface area contributed by atoms with Crippen LogP contribution < -0.4 is 0 Å². The lowest BCUT2D eigenvalue weighted by Gasteiger charge is -2.25. The van der Waals surface area contributed by atoms with Gasteiger partial charge in [-0.2, -0.15) is 0 Å². The Morgan fingerprint density at radius 2 is 1.96 bits per heavy atom. The standard InChI is InChI=1S/C19H28N6O3/c1-22-13-17(27)25(19(22)28)12-6-9-16(26)23-11-5-7-14(23)18-21-20-15-8-3-2-4-10-24(15)18/h14H,2-13H2,1H3/t14-/m1/s1. The number of urea groups is 1. The van der Waals surface area contributed by atoms with E-state index in [2.05, 4.69) is 14.8 Å². The van der Waals surface area contributed by atoms with Crippen molar-refractivity contribution in [2.75, 3.05) is 26.7 Å². The molecule has 9 heteroatoms. The smallest absolute Gasteiger partial charge is 0.326 e. The van der Waals surface area contributed by atoms with Gasteiger partial charge in [0.1, 0.15) is 12.4 Å². The van der Waals surface area contributed by atoms with E-state index < -0.39 is 0 Å². The van der Waals surface area contributed by atoms with E-state index in [1.807, 2.05) is 4.90 Å². The van der Waals surface area contributed by atoms with Crippen LogP contribution in [0.4, 0.5) is 4.79 Å². The molecule has 9 nitrogen and oxygen atoms in total. The van der Waals surface area contributed by atoms with Crippen LogP contribution in [0.2, 0.25) is 0 Å². The van der Waals surface area contributed by atoms with Crippen LogP contribution in [0.1, 0.15) is 62.6 Å². The summed E-state index contributed by atoms with van der Waals surface area (Å²) in [4.78, 5) is 41.2. The summed E-state index contributed by atoms with van der Waals surface area (Å²) in [5.74, 6) is 1.85. The third-order valence-electron chi connectivity index (χ3n) is 6.01. The minimum atomic E-state index is -0.275. The Labute approximate surface area is 164 Å². The fourth-order valence-corrected chi connectivity index (χ4v) is 4.51. The van der Waals surface area contributed by atoms with Gasteiger partial charge in [0.2, 0.25) is 11.8 Å². The Morgan fingerprint density at radius 3 is 2.75 bits per heavy atom. The summed E-state index contributed by atoms with van der Waals surface area (Å²) in [6.07, 6.45) is 7.15. The molecule has 2 fully saturated rings. The lowest BCUT2D eigenvalue weighted by molar-refractivity contribution is -0.133. The summed E-state index contributed by atoms with van der Waals surface area (Å²) in [5.41, 5.74) is 0. The fourth-order valence-electron chi connectivity index (χ4n) is 4.51. The zero-order valence-corrected chi connectivity index (χ0v) is 16.5. The van der Waals surface area contributed by atoms with E-state index in [1.165, 1.54) is 16.2 Å². The van der Waals surface area contributed by atoms with Crippen molar-refractivity contribution in [3.8, 4) is 0 Å². The molecule has 0 aromatic carbocycles. The monoisotopic (exact) mass is 388 g/mol. The average Bonchev–Trinajstić information content (AvgIpc) is 3.31. The highest BCUT2D eigenvalue weighted by atomic mass is 16.2. The average molecular weight is 388 g/mol. The van der Waals surface area contributed by atoms with E-state index in [-0.39, 0.29) is 30.4 Å². The summed E-state index contributed by atoms with van der Waals surface area (Å²) < 4.78 is 2.22. The van der Waals surface area contributed by atoms with Gasteiger partial charge in [-0.05, 0) is 32.1 Å². The Bertz CT molecular complexity index is 776. The summed E-state index contributed by atoms with van der Waals surface area (Å²) in [6.45, 7) is 2.09. The molecule has 0 unspecified atom stereocenters. The van der Waals surface area contributed by atoms with Gasteiger partial charge < -0.3 is 14.4 Å². The first-order valence-electron chi connectivity index (χ1n) is 10.3. The molecular formula is C19H28N6O3. The van der Waals surface area contributed by atoms with Gasteiger partial charge in [0.25, 0.3) is 0 Å². The van der Waals surface area contributed by atoms with Crippen LogP contribution in [0.25, 0.3) is 0 Å². The van der Waals surface area contributed by atoms with E-state index in [1.54, 1.807) is 7.05 Å². The number of amides is 4. The first-order chi connectivity index (χ1) is 13.6. The van der Waals surface area contributed by atoms with Crippen molar-refractivity contribution < 1.29 is 14.4 Å². The number of fused-ring (bicyclic) bond motifs is 1. The SMILES string of the molecule is CN1CC(=O)N(CCCC(=O)N2CCC[C@@H]2c2nnc3n2CCCCC3)C1=O. The molecule has 1 atom stereocenters. The molecule has 1 aromatic heterocycles. The first kappa shape index (κ1) is 18.9. The quantitative estimate of drug-likeness (QED) is 0.710. The molecule has 4 rings (SSSR count). The number of carbonyl (C=O) groups is 3. The minimum absolute atomic E-state index is 0.00645. The molecule has 4 amide bonds. The van der Waals surface area contributed by atoms with Crippen molar-refractivity contribution >= 4 is 17.8 Å². The second-order valence-electron chi connectivity index (χ2n) is 7.97. The number of aromatic nitrogens is 3. The highest BCUT2D eigenvalue weighted by molar-refractivity contribution is 6.01. The summed E-state index contributed by atoms with van der Waals surface area (Å²) >= 11 is 0. The first-order valence-corrected chi connectivity index (χ1v) is 10.3. The number of hydrogen-bond donors (Lipinski definition) is 0. The summed E-state index contributed by atoms with van der Waals surface area (Å²) in [7, 11) is 1.61. The minimum Gasteiger partial charge on any atom is -0.332 e. The molecule has 0 N–H and O–H groups in total. The van der Waals surface area contributed by atoms with E-state index in [4.69, 9.17) is 0 Å². The molecule has 3 aliphatic heterocycles. The third-order valence-corrected chi connectivity index (χ3v) is 6.01. The number of imide groups is 1. The van der Waals surface area contributed by atoms with Crippen LogP contribution >= 0.6 is 0 Å². The molecule has 4 heterocycles. The molecule has 3 aliphatic rings. The third kappa shape index (κ3) is 3.49. The predicted molar refractivity (Wildman–Crippen MR) is 100 cm³/mol. The van der Waals surface area contributed by atoms with Crippen LogP contribution in [0.5, 0.6) is 0 Å². The zero-order valence-electron chi connectivity index (χ0n) is 16.5. The maximum absolute atomic E-state index is 12.9. The number of rotatable bonds is 5. The molecule has 152 valence electrons. The second-order valence-corrected chi connectivity index (χ2v) is 7.97. The van der Waals surface area contributed by atoms with Crippen LogP contribution in [0.3, 0.4) is 0 Å². The Hall–Kier alpha value is -2.45. The van der Waals surface area contributed by atoms with Gasteiger partial charge in [0.05, 0.1) is 6.04 Å². The fraction of sp³-hybridized carbons (Fsp3) is 0.737. The van der Waals surface area contributed by atoms with E-state index in [0.717, 1.165) is 56.8 Å². The second kappa shape index (κ2) is 7.89. The molecule has 2 saturated heterocycles. The topological polar surface area (TPSA) is 91.6 Å². The molecule has 0 saturated carbocycles. The molecular weight excluding hydrogens is 360 g/mol. The van der Waals surface area contributed by atoms with Gasteiger partial charge in [-0.25, -0.2) is 4.79 Å². The van der Waals surface area contributed by atoms with Crippen molar-refractivity contribution in [1.29, 1.82) is 0 Å². The maximum atomic E-state index is 12.9. The Kier molecular flexibility index (Phi) is 5.32. The van der Waals surface area contributed by atoms with Gasteiger partial charge in [0.15, 0.2) is 5.82 Å². The van der Waals surface area contributed by atoms with Crippen molar-refractivity contribution in [3.63, 3.8) is 0 Å². The number of likely N-dealkylation sites (N-methyl/N-ethyl adjacent to an activating group) is 1. The van der Waals surface area contributed by atoms with Crippen molar-refractivity contribution in [3.05, 3.63) is 11.6 Å². The largest absolute Gasteiger partial charge is 0.332 e. The van der Waals surface area contributed by atoms with Crippen LogP contribution in [-0.2, 0) is 22.6 Å². The predicted octanol–water partition coefficient (Wildman–Crippen LogP) is 1.34. The highest BCUT2D eigenvalue weighted by Gasteiger charge is 2.35. The van der Waals surface area contributed by atoms with Gasteiger partial charge in [0, 0.05) is 39.5 Å². The number of nitrogens with zero attached hydrogens (tertiary/aromatic N) is 6. The normalized spacial score (nSPS) is 22.8. The molecule has 0 radical (unpaired) electrons. The van der Waals surface area contributed by atoms with Crippen LogP contribution in [-0.4, -0.2) is 74.0 Å². The lowest BCUT2D eigenvalue weighted by Crippen LogP contribution is -2.35. The Morgan fingerprint density at radius 1 is 1.11 bits per heavy atom. The maximum Gasteiger partial charge on any atom is 0.326 e. The number of carbonyl (C=O) groups excluding carboxylic acids is 3. The van der Waals surface area contributed by atoms with Gasteiger partial charge >= 0.3 is 6.03 Å². The summed E-state index contributed by atoms with van der Waals surface area (Å²) in [6, 6.07) is -0.282. The Balaban J connectivity index is 1.37. The van der Waals surface area contributed by atoms with Crippen molar-refractivity contribution in [2.45, 2.75) is 64.0 Å². The zero-order chi connectivity index (χ0) is 19.7. The number of likely N-dealkylation sites (tertiary alicyclic amines) is 1.